The third-order valence-corrected chi connectivity index (χ3v) is 2.94. The number of rotatable bonds is 2. The van der Waals surface area contributed by atoms with Gasteiger partial charge in [0.05, 0.1) is 5.69 Å². The largest absolute Gasteiger partial charge is 0.475 e. The minimum Gasteiger partial charge on any atom is -0.475 e. The molecule has 0 spiro atoms. The molecule has 1 N–H and O–H groups in total. The van der Waals surface area contributed by atoms with Crippen LogP contribution in [0.1, 0.15) is 10.6 Å². The maximum absolute atomic E-state index is 10.8. The lowest BCUT2D eigenvalue weighted by molar-refractivity contribution is 0.0652. The van der Waals surface area contributed by atoms with E-state index in [0.717, 1.165) is 16.6 Å². The van der Waals surface area contributed by atoms with Gasteiger partial charge in [0.25, 0.3) is 0 Å². The Morgan fingerprint density at radius 1 is 1.33 bits per heavy atom. The van der Waals surface area contributed by atoms with Gasteiger partial charge in [-0.15, -0.1) is 0 Å². The van der Waals surface area contributed by atoms with Gasteiger partial charge >= 0.3 is 5.97 Å². The molecule has 2 heterocycles. The van der Waals surface area contributed by atoms with Crippen LogP contribution in [0, 0.1) is 0 Å². The van der Waals surface area contributed by atoms with E-state index in [-0.39, 0.29) is 5.76 Å². The van der Waals surface area contributed by atoms with Gasteiger partial charge in [-0.25, -0.2) is 4.79 Å². The zero-order valence-corrected chi connectivity index (χ0v) is 9.62. The number of nitrogens with zero attached hydrogens (tertiary/aromatic N) is 2. The Balaban J connectivity index is 2.18. The fraction of sp³-hybridized carbons (Fsp3) is 0.0769. The van der Waals surface area contributed by atoms with Crippen LogP contribution in [-0.2, 0) is 7.05 Å². The Kier molecular flexibility index (Phi) is 2.19. The SMILES string of the molecule is Cn1c(-c2cc(C(=O)O)on2)cc2ccccc21. The maximum atomic E-state index is 10.8. The molecule has 0 aliphatic heterocycles. The zero-order chi connectivity index (χ0) is 12.7. The van der Waals surface area contributed by atoms with E-state index < -0.39 is 5.97 Å². The van der Waals surface area contributed by atoms with Crippen molar-refractivity contribution in [2.24, 2.45) is 7.05 Å². The third-order valence-electron chi connectivity index (χ3n) is 2.94. The highest BCUT2D eigenvalue weighted by molar-refractivity contribution is 5.88. The second-order valence-corrected chi connectivity index (χ2v) is 4.03. The number of hydrogen-bond donors (Lipinski definition) is 1. The minimum atomic E-state index is -1.12. The van der Waals surface area contributed by atoms with Gasteiger partial charge in [-0.2, -0.15) is 0 Å². The number of para-hydroxylation sites is 1. The average molecular weight is 242 g/mol. The van der Waals surface area contributed by atoms with Crippen molar-refractivity contribution in [3.8, 4) is 11.4 Å². The van der Waals surface area contributed by atoms with Crippen LogP contribution < -0.4 is 0 Å². The van der Waals surface area contributed by atoms with Crippen molar-refractivity contribution >= 4 is 16.9 Å². The maximum Gasteiger partial charge on any atom is 0.374 e. The van der Waals surface area contributed by atoms with Crippen LogP contribution in [0.15, 0.2) is 40.9 Å². The van der Waals surface area contributed by atoms with Gasteiger partial charge < -0.3 is 14.2 Å². The van der Waals surface area contributed by atoms with E-state index >= 15 is 0 Å². The van der Waals surface area contributed by atoms with Crippen LogP contribution in [-0.4, -0.2) is 20.8 Å². The van der Waals surface area contributed by atoms with E-state index in [0.29, 0.717) is 5.69 Å². The molecule has 5 nitrogen and oxygen atoms in total. The summed E-state index contributed by atoms with van der Waals surface area (Å²) in [6.07, 6.45) is 0. The fourth-order valence-electron chi connectivity index (χ4n) is 2.03. The van der Waals surface area contributed by atoms with Crippen LogP contribution >= 0.6 is 0 Å². The lowest BCUT2D eigenvalue weighted by atomic mass is 10.2. The molecule has 0 aliphatic carbocycles. The molecule has 0 saturated heterocycles. The number of benzene rings is 1. The van der Waals surface area contributed by atoms with Gasteiger partial charge in [-0.1, -0.05) is 23.4 Å². The normalized spacial score (nSPS) is 10.9. The molecule has 2 aromatic heterocycles. The van der Waals surface area contributed by atoms with E-state index in [9.17, 15) is 4.79 Å². The Morgan fingerprint density at radius 3 is 2.78 bits per heavy atom. The van der Waals surface area contributed by atoms with Gasteiger partial charge in [-0.05, 0) is 12.1 Å². The van der Waals surface area contributed by atoms with Gasteiger partial charge in [0, 0.05) is 24.0 Å². The molecule has 18 heavy (non-hydrogen) atoms. The van der Waals surface area contributed by atoms with Crippen molar-refractivity contribution in [2.75, 3.05) is 0 Å². The summed E-state index contributed by atoms with van der Waals surface area (Å²) >= 11 is 0. The number of carbonyl (C=O) groups is 1. The smallest absolute Gasteiger partial charge is 0.374 e. The summed E-state index contributed by atoms with van der Waals surface area (Å²) in [5.74, 6) is -1.28. The number of aryl methyl sites for hydroxylation is 1. The molecule has 0 amide bonds. The number of carboxylic acids is 1. The molecule has 0 fully saturated rings. The molecule has 0 atom stereocenters. The first-order valence-corrected chi connectivity index (χ1v) is 5.41. The van der Waals surface area contributed by atoms with Crippen LogP contribution in [0.25, 0.3) is 22.3 Å². The standard InChI is InChI=1S/C13H10N2O3/c1-15-10-5-3-2-4-8(10)6-11(15)9-7-12(13(16)17)18-14-9/h2-7H,1H3,(H,16,17). The number of fused-ring (bicyclic) bond motifs is 1. The summed E-state index contributed by atoms with van der Waals surface area (Å²) in [7, 11) is 1.91. The molecule has 90 valence electrons. The lowest BCUT2D eigenvalue weighted by Crippen LogP contribution is -1.92. The average Bonchev–Trinajstić information content (AvgIpc) is 2.95. The summed E-state index contributed by atoms with van der Waals surface area (Å²) < 4.78 is 6.73. The molecular weight excluding hydrogens is 232 g/mol. The third kappa shape index (κ3) is 1.48. The summed E-state index contributed by atoms with van der Waals surface area (Å²) in [6, 6.07) is 11.3. The van der Waals surface area contributed by atoms with Crippen LogP contribution in [0.5, 0.6) is 0 Å². The van der Waals surface area contributed by atoms with Crippen molar-refractivity contribution in [2.45, 2.75) is 0 Å². The van der Waals surface area contributed by atoms with E-state index in [1.807, 2.05) is 41.9 Å². The number of aromatic nitrogens is 2. The monoisotopic (exact) mass is 242 g/mol. The van der Waals surface area contributed by atoms with Crippen LogP contribution in [0.4, 0.5) is 0 Å². The van der Waals surface area contributed by atoms with E-state index in [1.54, 1.807) is 0 Å². The fourth-order valence-corrected chi connectivity index (χ4v) is 2.03. The predicted molar refractivity (Wildman–Crippen MR) is 65.4 cm³/mol. The summed E-state index contributed by atoms with van der Waals surface area (Å²) in [4.78, 5) is 10.8. The highest BCUT2D eigenvalue weighted by atomic mass is 16.5. The summed E-state index contributed by atoms with van der Waals surface area (Å²) in [5, 5.41) is 13.7. The summed E-state index contributed by atoms with van der Waals surface area (Å²) in [6.45, 7) is 0. The predicted octanol–water partition coefficient (Wildman–Crippen LogP) is 2.53. The second-order valence-electron chi connectivity index (χ2n) is 4.03. The van der Waals surface area contributed by atoms with Gasteiger partial charge in [0.15, 0.2) is 0 Å². The quantitative estimate of drug-likeness (QED) is 0.749. The second kappa shape index (κ2) is 3.73. The Bertz CT molecular complexity index is 740. The number of carboxylic acid groups (broad SMARTS) is 1. The highest BCUT2D eigenvalue weighted by Crippen LogP contribution is 2.26. The van der Waals surface area contributed by atoms with Gasteiger partial charge in [0.2, 0.25) is 5.76 Å². The van der Waals surface area contributed by atoms with Crippen molar-refractivity contribution < 1.29 is 14.4 Å². The van der Waals surface area contributed by atoms with Gasteiger partial charge in [0.1, 0.15) is 5.69 Å². The van der Waals surface area contributed by atoms with E-state index in [1.165, 1.54) is 6.07 Å². The summed E-state index contributed by atoms with van der Waals surface area (Å²) in [5.41, 5.74) is 2.41. The van der Waals surface area contributed by atoms with Crippen molar-refractivity contribution in [1.82, 2.24) is 9.72 Å². The number of aromatic carboxylic acids is 1. The highest BCUT2D eigenvalue weighted by Gasteiger charge is 2.15. The molecule has 5 heteroatoms. The first-order valence-electron chi connectivity index (χ1n) is 5.41. The van der Waals surface area contributed by atoms with Crippen molar-refractivity contribution in [3.63, 3.8) is 0 Å². The molecule has 1 aromatic carbocycles. The Hall–Kier alpha value is -2.56. The van der Waals surface area contributed by atoms with Crippen LogP contribution in [0.2, 0.25) is 0 Å². The Labute approximate surface area is 102 Å². The van der Waals surface area contributed by atoms with Crippen molar-refractivity contribution in [1.29, 1.82) is 0 Å². The number of hydrogen-bond acceptors (Lipinski definition) is 3. The molecule has 0 unspecified atom stereocenters. The molecule has 0 aliphatic rings. The molecule has 0 radical (unpaired) electrons. The zero-order valence-electron chi connectivity index (χ0n) is 9.62. The van der Waals surface area contributed by atoms with E-state index in [4.69, 9.17) is 9.63 Å². The van der Waals surface area contributed by atoms with Gasteiger partial charge in [-0.3, -0.25) is 0 Å². The minimum absolute atomic E-state index is 0.157. The molecule has 3 rings (SSSR count). The lowest BCUT2D eigenvalue weighted by Gasteiger charge is -1.99. The molecule has 3 aromatic rings. The molecular formula is C13H10N2O3. The molecule has 0 bridgehead atoms. The first kappa shape index (κ1) is 10.6. The Morgan fingerprint density at radius 2 is 2.11 bits per heavy atom. The molecule has 0 saturated carbocycles. The first-order chi connectivity index (χ1) is 8.66. The van der Waals surface area contributed by atoms with Crippen LogP contribution in [0.3, 0.4) is 0 Å². The topological polar surface area (TPSA) is 68.3 Å². The van der Waals surface area contributed by atoms with E-state index in [2.05, 4.69) is 5.16 Å². The van der Waals surface area contributed by atoms with Crippen molar-refractivity contribution in [3.05, 3.63) is 42.2 Å².